The lowest BCUT2D eigenvalue weighted by molar-refractivity contribution is 0.0765. The average Bonchev–Trinajstić information content (AvgIpc) is 1.35. The molecule has 0 rings (SSSR count). The van der Waals surface area contributed by atoms with Crippen LogP contribution in [0, 0.1) is 0 Å². The Kier molecular flexibility index (Phi) is 1.59. The van der Waals surface area contributed by atoms with Gasteiger partial charge >= 0.3 is 0 Å². The molecule has 0 aliphatic rings. The summed E-state index contributed by atoms with van der Waals surface area (Å²) >= 11 is 0. The summed E-state index contributed by atoms with van der Waals surface area (Å²) in [5.41, 5.74) is -0.458. The van der Waals surface area contributed by atoms with Crippen molar-refractivity contribution in [3.05, 3.63) is 0 Å². The van der Waals surface area contributed by atoms with Gasteiger partial charge in [-0.3, -0.25) is 0 Å². The minimum atomic E-state index is -0.458. The van der Waals surface area contributed by atoms with Crippen molar-refractivity contribution in [1.29, 1.82) is 0 Å². The highest BCUT2D eigenvalue weighted by Gasteiger charge is 2.05. The molecule has 1 nitrogen and oxygen atoms in total. The van der Waals surface area contributed by atoms with E-state index in [1.165, 1.54) is 0 Å². The maximum Gasteiger partial charge on any atom is 0.0589 e. The molecule has 0 spiro atoms. The van der Waals surface area contributed by atoms with Gasteiger partial charge in [-0.15, -0.1) is 0 Å². The number of aliphatic hydroxyl groups is 1. The van der Waals surface area contributed by atoms with Crippen LogP contribution in [0.15, 0.2) is 0 Å². The lowest BCUT2D eigenvalue weighted by Crippen LogP contribution is -2.15. The first kappa shape index (κ1) is 5.96. The lowest BCUT2D eigenvalue weighted by atomic mass is 10.5. The van der Waals surface area contributed by atoms with Crippen LogP contribution in [0.4, 0.5) is 0 Å². The fraction of sp³-hybridized carbons (Fsp3) is 1.00. The summed E-state index contributed by atoms with van der Waals surface area (Å²) in [6.07, 6.45) is 0.826. The maximum atomic E-state index is 8.83. The minimum absolute atomic E-state index is 0.458. The monoisotopic (exact) mass is 89.1 g/mol. The minimum Gasteiger partial charge on any atom is -0.390 e. The Hall–Kier alpha value is -0.0400. The number of rotatable bonds is 1. The molecule has 0 heterocycles. The molecule has 38 valence electrons. The van der Waals surface area contributed by atoms with E-state index < -0.39 is 5.60 Å². The van der Waals surface area contributed by atoms with Gasteiger partial charge in [0.25, 0.3) is 0 Å². The summed E-state index contributed by atoms with van der Waals surface area (Å²) in [6.45, 7) is 5.56. The van der Waals surface area contributed by atoms with E-state index in [1.807, 2.05) is 6.92 Å². The van der Waals surface area contributed by atoms with Gasteiger partial charge in [-0.2, -0.15) is 0 Å². The molecule has 0 saturated carbocycles. The maximum absolute atomic E-state index is 8.83. The highest BCUT2D eigenvalue weighted by molar-refractivity contribution is 4.59. The van der Waals surface area contributed by atoms with Crippen LogP contribution < -0.4 is 0 Å². The molecule has 0 saturated heterocycles. The van der Waals surface area contributed by atoms with E-state index in [9.17, 15) is 0 Å². The molecule has 0 unspecified atom stereocenters. The summed E-state index contributed by atoms with van der Waals surface area (Å²) in [7, 11) is 0. The zero-order valence-electron chi connectivity index (χ0n) is 4.65. The Bertz CT molecular complexity index is 33.7. The van der Waals surface area contributed by atoms with Gasteiger partial charge in [-0.25, -0.2) is 0 Å². The van der Waals surface area contributed by atoms with E-state index in [-0.39, 0.29) is 0 Å². The van der Waals surface area contributed by atoms with Gasteiger partial charge in [-0.1, -0.05) is 6.92 Å². The molecule has 0 bridgehead atoms. The zero-order valence-corrected chi connectivity index (χ0v) is 4.65. The largest absolute Gasteiger partial charge is 0.390 e. The molecular weight excluding hydrogens is 77.0 g/mol. The van der Waals surface area contributed by atoms with Gasteiger partial charge in [0.15, 0.2) is 0 Å². The van der Waals surface area contributed by atoms with E-state index in [1.54, 1.807) is 13.8 Å². The van der Waals surface area contributed by atoms with Crippen LogP contribution in [0.2, 0.25) is 0 Å². The standard InChI is InChI=1S/C5H12O/c1-4-5(2,3)6/h6H,4H2,1-3H3/i5+1. The first-order chi connectivity index (χ1) is 2.56. The molecule has 0 aromatic heterocycles. The molecule has 1 N–H and O–H groups in total. The summed E-state index contributed by atoms with van der Waals surface area (Å²) in [5, 5.41) is 8.83. The Morgan fingerprint density at radius 2 is 1.67 bits per heavy atom. The van der Waals surface area contributed by atoms with E-state index in [0.717, 1.165) is 6.42 Å². The third kappa shape index (κ3) is 3.96. The van der Waals surface area contributed by atoms with Crippen LogP contribution in [0.3, 0.4) is 0 Å². The van der Waals surface area contributed by atoms with E-state index >= 15 is 0 Å². The van der Waals surface area contributed by atoms with Crippen molar-refractivity contribution in [1.82, 2.24) is 0 Å². The van der Waals surface area contributed by atoms with Gasteiger partial charge in [0.05, 0.1) is 5.60 Å². The Morgan fingerprint density at radius 1 is 1.50 bits per heavy atom. The molecule has 0 aliphatic carbocycles. The van der Waals surface area contributed by atoms with Crippen LogP contribution >= 0.6 is 0 Å². The summed E-state index contributed by atoms with van der Waals surface area (Å²) < 4.78 is 0. The smallest absolute Gasteiger partial charge is 0.0589 e. The van der Waals surface area contributed by atoms with Gasteiger partial charge < -0.3 is 5.11 Å². The van der Waals surface area contributed by atoms with Crippen LogP contribution in [0.5, 0.6) is 0 Å². The van der Waals surface area contributed by atoms with E-state index in [2.05, 4.69) is 0 Å². The van der Waals surface area contributed by atoms with Crippen LogP contribution in [-0.4, -0.2) is 10.7 Å². The molecule has 0 aromatic rings. The van der Waals surface area contributed by atoms with E-state index in [0.29, 0.717) is 0 Å². The van der Waals surface area contributed by atoms with Crippen molar-refractivity contribution in [3.63, 3.8) is 0 Å². The second kappa shape index (κ2) is 1.61. The molecule has 0 amide bonds. The molecular formula is C5H12O. The molecule has 0 fully saturated rings. The zero-order chi connectivity index (χ0) is 5.21. The predicted octanol–water partition coefficient (Wildman–Crippen LogP) is 1.17. The van der Waals surface area contributed by atoms with Gasteiger partial charge in [0, 0.05) is 0 Å². The summed E-state index contributed by atoms with van der Waals surface area (Å²) in [5.74, 6) is 0. The first-order valence-electron chi connectivity index (χ1n) is 2.28. The van der Waals surface area contributed by atoms with Crippen molar-refractivity contribution in [2.24, 2.45) is 0 Å². The summed E-state index contributed by atoms with van der Waals surface area (Å²) in [4.78, 5) is 0. The topological polar surface area (TPSA) is 20.2 Å². The molecule has 0 aromatic carbocycles. The lowest BCUT2D eigenvalue weighted by Gasteiger charge is -2.11. The molecule has 0 atom stereocenters. The molecule has 0 radical (unpaired) electrons. The third-order valence-electron chi connectivity index (χ3n) is 0.865. The van der Waals surface area contributed by atoms with E-state index in [4.69, 9.17) is 5.11 Å². The number of hydrogen-bond donors (Lipinski definition) is 1. The van der Waals surface area contributed by atoms with Crippen LogP contribution in [0.25, 0.3) is 0 Å². The van der Waals surface area contributed by atoms with Gasteiger partial charge in [0.1, 0.15) is 0 Å². The second-order valence-corrected chi connectivity index (χ2v) is 2.17. The van der Waals surface area contributed by atoms with Crippen LogP contribution in [-0.2, 0) is 0 Å². The quantitative estimate of drug-likeness (QED) is 0.478. The van der Waals surface area contributed by atoms with Gasteiger partial charge in [0.2, 0.25) is 0 Å². The molecule has 1 heteroatoms. The fourth-order valence-electron chi connectivity index (χ4n) is 0. The Balaban J connectivity index is 3.17. The molecule has 0 aliphatic heterocycles. The SMILES string of the molecule is CC[13C](C)(C)O. The van der Waals surface area contributed by atoms with Crippen molar-refractivity contribution in [3.8, 4) is 0 Å². The highest BCUT2D eigenvalue weighted by atomic mass is 16.4. The average molecular weight is 89.1 g/mol. The summed E-state index contributed by atoms with van der Waals surface area (Å²) in [6, 6.07) is 0. The normalized spacial score (nSPS) is 12.0. The first-order valence-corrected chi connectivity index (χ1v) is 2.28. The van der Waals surface area contributed by atoms with Gasteiger partial charge in [-0.05, 0) is 20.3 Å². The fourth-order valence-corrected chi connectivity index (χ4v) is 0. The Labute approximate surface area is 39.0 Å². The van der Waals surface area contributed by atoms with Crippen molar-refractivity contribution >= 4 is 0 Å². The predicted molar refractivity (Wildman–Crippen MR) is 26.6 cm³/mol. The highest BCUT2D eigenvalue weighted by Crippen LogP contribution is 2.03. The Morgan fingerprint density at radius 3 is 1.67 bits per heavy atom. The number of hydrogen-bond acceptors (Lipinski definition) is 1. The third-order valence-corrected chi connectivity index (χ3v) is 0.865. The van der Waals surface area contributed by atoms with Crippen molar-refractivity contribution in [2.45, 2.75) is 32.8 Å². The molecule has 6 heavy (non-hydrogen) atoms. The van der Waals surface area contributed by atoms with Crippen LogP contribution in [0.1, 0.15) is 27.2 Å². The van der Waals surface area contributed by atoms with Crippen molar-refractivity contribution < 1.29 is 5.11 Å². The second-order valence-electron chi connectivity index (χ2n) is 2.17. The van der Waals surface area contributed by atoms with Crippen molar-refractivity contribution in [2.75, 3.05) is 0 Å².